The fourth-order valence-corrected chi connectivity index (χ4v) is 4.78. The van der Waals surface area contributed by atoms with E-state index < -0.39 is 28.6 Å². The van der Waals surface area contributed by atoms with Crippen LogP contribution in [-0.4, -0.2) is 17.8 Å². The third-order valence-corrected chi connectivity index (χ3v) is 6.08. The van der Waals surface area contributed by atoms with E-state index in [1.165, 1.54) is 0 Å². The lowest BCUT2D eigenvalue weighted by Crippen LogP contribution is -2.63. The van der Waals surface area contributed by atoms with Gasteiger partial charge in [-0.2, -0.15) is 15.8 Å². The molecule has 1 saturated carbocycles. The maximum Gasteiger partial charge on any atom is 0.217 e. The molecule has 3 rings (SSSR count). The summed E-state index contributed by atoms with van der Waals surface area (Å²) in [6.45, 7) is 3.92. The first-order valence-electron chi connectivity index (χ1n) is 8.19. The molecule has 5 unspecified atom stereocenters. The van der Waals surface area contributed by atoms with E-state index in [0.717, 1.165) is 12.8 Å². The molecule has 5 atom stereocenters. The summed E-state index contributed by atoms with van der Waals surface area (Å²) in [6, 6.07) is 6.28. The van der Waals surface area contributed by atoms with E-state index in [1.807, 2.05) is 6.92 Å². The molecule has 2 heterocycles. The summed E-state index contributed by atoms with van der Waals surface area (Å²) in [7, 11) is 0. The van der Waals surface area contributed by atoms with Gasteiger partial charge < -0.3 is 9.47 Å². The Morgan fingerprint density at radius 1 is 1.17 bits per heavy atom. The highest BCUT2D eigenvalue weighted by Gasteiger charge is 2.80. The maximum atomic E-state index is 10.0. The van der Waals surface area contributed by atoms with Crippen molar-refractivity contribution in [1.29, 1.82) is 21.2 Å². The van der Waals surface area contributed by atoms with Gasteiger partial charge in [-0.05, 0) is 25.2 Å². The maximum absolute atomic E-state index is 10.0. The number of rotatable bonds is 2. The molecule has 0 amide bonds. The lowest BCUT2D eigenvalue weighted by atomic mass is 9.51. The number of ether oxygens (including phenoxy) is 2. The Hall–Kier alpha value is -2.10. The van der Waals surface area contributed by atoms with Crippen molar-refractivity contribution in [1.82, 2.24) is 0 Å². The number of hydrogen-bond donors (Lipinski definition) is 1. The lowest BCUT2D eigenvalue weighted by molar-refractivity contribution is -0.296. The van der Waals surface area contributed by atoms with E-state index in [1.54, 1.807) is 0 Å². The highest BCUT2D eigenvalue weighted by atomic mass is 16.7. The molecule has 2 saturated heterocycles. The number of nitriles is 3. The smallest absolute Gasteiger partial charge is 0.217 e. The normalized spacial score (nSPS) is 43.4. The summed E-state index contributed by atoms with van der Waals surface area (Å²) >= 11 is 0. The lowest BCUT2D eigenvalue weighted by Gasteiger charge is -2.52. The molecule has 2 bridgehead atoms. The highest BCUT2D eigenvalue weighted by Crippen LogP contribution is 2.67. The first kappa shape index (κ1) is 15.8. The fourth-order valence-electron chi connectivity index (χ4n) is 4.78. The quantitative estimate of drug-likeness (QED) is 0.842. The minimum absolute atomic E-state index is 0.263. The van der Waals surface area contributed by atoms with Gasteiger partial charge in [0.1, 0.15) is 0 Å². The molecule has 2 aliphatic heterocycles. The second-order valence-electron chi connectivity index (χ2n) is 6.81. The Morgan fingerprint density at radius 2 is 1.87 bits per heavy atom. The van der Waals surface area contributed by atoms with Crippen LogP contribution in [0.15, 0.2) is 0 Å². The van der Waals surface area contributed by atoms with Gasteiger partial charge in [-0.3, -0.25) is 5.41 Å². The van der Waals surface area contributed by atoms with E-state index in [0.29, 0.717) is 25.2 Å². The topological polar surface area (TPSA) is 114 Å². The minimum Gasteiger partial charge on any atom is -0.447 e. The third-order valence-electron chi connectivity index (χ3n) is 6.08. The van der Waals surface area contributed by atoms with Crippen molar-refractivity contribution < 1.29 is 9.47 Å². The molecule has 6 heteroatoms. The van der Waals surface area contributed by atoms with Gasteiger partial charge in [0.2, 0.25) is 11.7 Å². The van der Waals surface area contributed by atoms with Crippen LogP contribution in [0.5, 0.6) is 0 Å². The van der Waals surface area contributed by atoms with Gasteiger partial charge in [0, 0.05) is 6.42 Å². The fraction of sp³-hybridized carbons (Fsp3) is 0.765. The Bertz CT molecular complexity index is 656. The van der Waals surface area contributed by atoms with E-state index >= 15 is 0 Å². The van der Waals surface area contributed by atoms with Crippen molar-refractivity contribution in [3.8, 4) is 18.2 Å². The predicted octanol–water partition coefficient (Wildman–Crippen LogP) is 2.87. The molecule has 1 N–H and O–H groups in total. The van der Waals surface area contributed by atoms with E-state index in [9.17, 15) is 15.8 Å². The van der Waals surface area contributed by atoms with Gasteiger partial charge in [0.25, 0.3) is 0 Å². The van der Waals surface area contributed by atoms with Crippen molar-refractivity contribution in [2.24, 2.45) is 22.7 Å². The Labute approximate surface area is 136 Å². The van der Waals surface area contributed by atoms with Crippen molar-refractivity contribution in [2.45, 2.75) is 57.8 Å². The SMILES string of the molecule is CCC1CCC23OC(=N)C(C#N)(C2C1)C(C#N)(C#N)C(CC)O3. The van der Waals surface area contributed by atoms with Crippen molar-refractivity contribution in [3.05, 3.63) is 0 Å². The molecule has 1 aliphatic carbocycles. The van der Waals surface area contributed by atoms with Crippen LogP contribution in [0.1, 0.15) is 46.0 Å². The zero-order valence-corrected chi connectivity index (χ0v) is 13.4. The molecule has 0 aromatic rings. The Kier molecular flexibility index (Phi) is 3.40. The van der Waals surface area contributed by atoms with Gasteiger partial charge in [-0.25, -0.2) is 0 Å². The molecule has 120 valence electrons. The molecular weight excluding hydrogens is 292 g/mol. The van der Waals surface area contributed by atoms with Crippen LogP contribution in [0.2, 0.25) is 0 Å². The average molecular weight is 312 g/mol. The zero-order chi connectivity index (χ0) is 16.9. The molecule has 0 aromatic heterocycles. The Balaban J connectivity index is 2.24. The van der Waals surface area contributed by atoms with Crippen LogP contribution in [-0.2, 0) is 9.47 Å². The first-order chi connectivity index (χ1) is 11.0. The Morgan fingerprint density at radius 3 is 2.39 bits per heavy atom. The van der Waals surface area contributed by atoms with Crippen LogP contribution >= 0.6 is 0 Å². The van der Waals surface area contributed by atoms with Crippen LogP contribution in [0.25, 0.3) is 0 Å². The molecule has 6 nitrogen and oxygen atoms in total. The summed E-state index contributed by atoms with van der Waals surface area (Å²) in [6.07, 6.45) is 2.82. The molecule has 3 aliphatic rings. The monoisotopic (exact) mass is 312 g/mol. The number of nitrogens with one attached hydrogen (secondary N) is 1. The second kappa shape index (κ2) is 4.95. The van der Waals surface area contributed by atoms with Gasteiger partial charge in [0.15, 0.2) is 10.8 Å². The van der Waals surface area contributed by atoms with Crippen molar-refractivity contribution in [3.63, 3.8) is 0 Å². The molecule has 23 heavy (non-hydrogen) atoms. The highest BCUT2D eigenvalue weighted by molar-refractivity contribution is 5.89. The van der Waals surface area contributed by atoms with Gasteiger partial charge in [-0.15, -0.1) is 0 Å². The zero-order valence-electron chi connectivity index (χ0n) is 13.4. The van der Waals surface area contributed by atoms with Crippen LogP contribution in [0.3, 0.4) is 0 Å². The molecule has 0 aromatic carbocycles. The van der Waals surface area contributed by atoms with Gasteiger partial charge >= 0.3 is 0 Å². The van der Waals surface area contributed by atoms with E-state index in [-0.39, 0.29) is 5.90 Å². The van der Waals surface area contributed by atoms with Gasteiger partial charge in [-0.1, -0.05) is 20.3 Å². The second-order valence-corrected chi connectivity index (χ2v) is 6.81. The van der Waals surface area contributed by atoms with Crippen molar-refractivity contribution >= 4 is 5.90 Å². The van der Waals surface area contributed by atoms with Crippen LogP contribution in [0.4, 0.5) is 0 Å². The van der Waals surface area contributed by atoms with E-state index in [2.05, 4.69) is 25.1 Å². The molecule has 0 spiro atoms. The predicted molar refractivity (Wildman–Crippen MR) is 79.5 cm³/mol. The van der Waals surface area contributed by atoms with Crippen LogP contribution < -0.4 is 0 Å². The summed E-state index contributed by atoms with van der Waals surface area (Å²) in [4.78, 5) is 0. The summed E-state index contributed by atoms with van der Waals surface area (Å²) in [5.41, 5.74) is -3.24. The first-order valence-corrected chi connectivity index (χ1v) is 8.19. The molecular formula is C17H20N4O2. The van der Waals surface area contributed by atoms with Crippen LogP contribution in [0, 0.1) is 62.1 Å². The summed E-state index contributed by atoms with van der Waals surface area (Å²) in [5.74, 6) is -1.32. The standard InChI is InChI=1S/C17H20N4O2/c1-3-11-5-6-17-12(7-11)16(10-20,14(21)23-17)15(8-18,9-19)13(4-2)22-17/h11-13,21H,3-7H2,1-2H3. The third kappa shape index (κ3) is 1.56. The number of hydrogen-bond acceptors (Lipinski definition) is 6. The summed E-state index contributed by atoms with van der Waals surface area (Å²) < 4.78 is 11.9. The van der Waals surface area contributed by atoms with Gasteiger partial charge in [0.05, 0.1) is 30.2 Å². The number of nitrogens with zero attached hydrogens (tertiary/aromatic N) is 3. The molecule has 0 radical (unpaired) electrons. The van der Waals surface area contributed by atoms with Crippen molar-refractivity contribution in [2.75, 3.05) is 0 Å². The molecule has 3 fully saturated rings. The minimum atomic E-state index is -1.70. The average Bonchev–Trinajstić information content (AvgIpc) is 2.78. The van der Waals surface area contributed by atoms with E-state index in [4.69, 9.17) is 14.9 Å². The largest absolute Gasteiger partial charge is 0.447 e. The summed E-state index contributed by atoms with van der Waals surface area (Å²) in [5, 5.41) is 38.0.